The van der Waals surface area contributed by atoms with Crippen LogP contribution in [0.15, 0.2) is 24.8 Å². The number of allylic oxidation sites excluding steroid dienone is 1. The van der Waals surface area contributed by atoms with Crippen molar-refractivity contribution in [1.82, 2.24) is 0 Å². The molecule has 1 aromatic rings. The first-order valence-corrected chi connectivity index (χ1v) is 9.09. The van der Waals surface area contributed by atoms with E-state index < -0.39 is 0 Å². The molecule has 23 heavy (non-hydrogen) atoms. The summed E-state index contributed by atoms with van der Waals surface area (Å²) >= 11 is 0. The SMILES string of the molecule is C=CC1CCC(C2CCC(c3ccc(O)c(N)c3N)CC2)CC1. The van der Waals surface area contributed by atoms with Crippen molar-refractivity contribution in [1.29, 1.82) is 0 Å². The first-order chi connectivity index (χ1) is 11.1. The Morgan fingerprint density at radius 3 is 2.00 bits per heavy atom. The van der Waals surface area contributed by atoms with Crippen LogP contribution >= 0.6 is 0 Å². The summed E-state index contributed by atoms with van der Waals surface area (Å²) in [6, 6.07) is 3.64. The number of hydrogen-bond acceptors (Lipinski definition) is 3. The van der Waals surface area contributed by atoms with Crippen LogP contribution in [0.4, 0.5) is 11.4 Å². The smallest absolute Gasteiger partial charge is 0.140 e. The second-order valence-electron chi connectivity index (χ2n) is 7.52. The minimum Gasteiger partial charge on any atom is -0.506 e. The van der Waals surface area contributed by atoms with Crippen molar-refractivity contribution in [3.8, 4) is 5.75 Å². The fraction of sp³-hybridized carbons (Fsp3) is 0.600. The van der Waals surface area contributed by atoms with E-state index in [0.29, 0.717) is 17.3 Å². The van der Waals surface area contributed by atoms with E-state index in [-0.39, 0.29) is 5.75 Å². The molecule has 0 amide bonds. The van der Waals surface area contributed by atoms with Crippen LogP contribution in [0.2, 0.25) is 0 Å². The number of anilines is 2. The molecule has 3 rings (SSSR count). The zero-order valence-corrected chi connectivity index (χ0v) is 14.0. The van der Waals surface area contributed by atoms with Crippen molar-refractivity contribution in [3.63, 3.8) is 0 Å². The van der Waals surface area contributed by atoms with E-state index in [1.54, 1.807) is 6.07 Å². The molecule has 3 heteroatoms. The lowest BCUT2D eigenvalue weighted by Gasteiger charge is -2.37. The van der Waals surface area contributed by atoms with E-state index in [4.69, 9.17) is 11.5 Å². The fourth-order valence-electron chi connectivity index (χ4n) is 4.75. The van der Waals surface area contributed by atoms with Gasteiger partial charge in [0.05, 0.1) is 11.4 Å². The Labute approximate surface area is 139 Å². The average molecular weight is 314 g/mol. The van der Waals surface area contributed by atoms with Crippen LogP contribution in [0.3, 0.4) is 0 Å². The lowest BCUT2D eigenvalue weighted by Crippen LogP contribution is -2.25. The number of rotatable bonds is 3. The van der Waals surface area contributed by atoms with Gasteiger partial charge in [0.15, 0.2) is 0 Å². The van der Waals surface area contributed by atoms with E-state index in [0.717, 1.165) is 23.3 Å². The van der Waals surface area contributed by atoms with Gasteiger partial charge in [-0.1, -0.05) is 12.1 Å². The molecule has 0 atom stereocenters. The standard InChI is InChI=1S/C20H30N2O/c1-2-13-3-5-14(6-4-13)15-7-9-16(10-8-15)17-11-12-18(23)20(22)19(17)21/h2,11-16,23H,1,3-10,21-22H2. The van der Waals surface area contributed by atoms with Gasteiger partial charge in [0.25, 0.3) is 0 Å². The van der Waals surface area contributed by atoms with E-state index in [2.05, 4.69) is 12.7 Å². The molecule has 2 aliphatic carbocycles. The van der Waals surface area contributed by atoms with Gasteiger partial charge in [-0.2, -0.15) is 0 Å². The Kier molecular flexibility index (Phi) is 4.84. The molecule has 0 aliphatic heterocycles. The summed E-state index contributed by atoms with van der Waals surface area (Å²) in [5.41, 5.74) is 14.1. The maximum atomic E-state index is 9.66. The molecule has 2 fully saturated rings. The Hall–Kier alpha value is -1.64. The van der Waals surface area contributed by atoms with Gasteiger partial charge in [-0.3, -0.25) is 0 Å². The van der Waals surface area contributed by atoms with Gasteiger partial charge >= 0.3 is 0 Å². The lowest BCUT2D eigenvalue weighted by molar-refractivity contribution is 0.172. The molecule has 0 saturated heterocycles. The molecule has 0 bridgehead atoms. The summed E-state index contributed by atoms with van der Waals surface area (Å²) in [5.74, 6) is 3.14. The number of phenolic OH excluding ortho intramolecular Hbond substituents is 1. The van der Waals surface area contributed by atoms with Crippen LogP contribution in [-0.2, 0) is 0 Å². The summed E-state index contributed by atoms with van der Waals surface area (Å²) < 4.78 is 0. The first kappa shape index (κ1) is 16.2. The number of nitrogen functional groups attached to an aromatic ring is 2. The van der Waals surface area contributed by atoms with Gasteiger partial charge in [0, 0.05) is 0 Å². The van der Waals surface area contributed by atoms with E-state index in [9.17, 15) is 5.11 Å². The van der Waals surface area contributed by atoms with Crippen LogP contribution in [0.5, 0.6) is 5.75 Å². The van der Waals surface area contributed by atoms with Crippen LogP contribution in [-0.4, -0.2) is 5.11 Å². The number of aromatic hydroxyl groups is 1. The number of benzene rings is 1. The number of phenols is 1. The Morgan fingerprint density at radius 2 is 1.43 bits per heavy atom. The van der Waals surface area contributed by atoms with E-state index >= 15 is 0 Å². The van der Waals surface area contributed by atoms with Crippen LogP contribution < -0.4 is 11.5 Å². The largest absolute Gasteiger partial charge is 0.506 e. The normalized spacial score (nSPS) is 31.7. The van der Waals surface area contributed by atoms with Gasteiger partial charge in [0.2, 0.25) is 0 Å². The van der Waals surface area contributed by atoms with E-state index in [1.165, 1.54) is 51.4 Å². The molecule has 0 heterocycles. The molecular formula is C20H30N2O. The Balaban J connectivity index is 1.59. The van der Waals surface area contributed by atoms with Crippen molar-refractivity contribution in [2.45, 2.75) is 57.3 Å². The monoisotopic (exact) mass is 314 g/mol. The Morgan fingerprint density at radius 1 is 0.870 bits per heavy atom. The molecule has 126 valence electrons. The molecule has 0 radical (unpaired) electrons. The Bertz CT molecular complexity index is 553. The minimum absolute atomic E-state index is 0.0962. The lowest BCUT2D eigenvalue weighted by atomic mass is 9.68. The summed E-state index contributed by atoms with van der Waals surface area (Å²) in [6.07, 6.45) is 12.5. The van der Waals surface area contributed by atoms with Crippen LogP contribution in [0.1, 0.15) is 62.8 Å². The van der Waals surface area contributed by atoms with Gasteiger partial charge in [-0.15, -0.1) is 6.58 Å². The molecule has 0 unspecified atom stereocenters. The third kappa shape index (κ3) is 3.34. The number of hydrogen-bond donors (Lipinski definition) is 3. The topological polar surface area (TPSA) is 72.3 Å². The molecule has 0 spiro atoms. The highest BCUT2D eigenvalue weighted by atomic mass is 16.3. The van der Waals surface area contributed by atoms with Gasteiger partial charge < -0.3 is 16.6 Å². The molecule has 0 aromatic heterocycles. The third-order valence-electron chi connectivity index (χ3n) is 6.33. The second kappa shape index (κ2) is 6.86. The quantitative estimate of drug-likeness (QED) is 0.425. The second-order valence-corrected chi connectivity index (χ2v) is 7.52. The summed E-state index contributed by atoms with van der Waals surface area (Å²) in [7, 11) is 0. The highest BCUT2D eigenvalue weighted by Crippen LogP contribution is 2.46. The zero-order chi connectivity index (χ0) is 16.4. The predicted octanol–water partition coefficient (Wildman–Crippen LogP) is 4.82. The fourth-order valence-corrected chi connectivity index (χ4v) is 4.75. The first-order valence-electron chi connectivity index (χ1n) is 9.09. The summed E-state index contributed by atoms with van der Waals surface area (Å²) in [4.78, 5) is 0. The van der Waals surface area contributed by atoms with Crippen molar-refractivity contribution >= 4 is 11.4 Å². The zero-order valence-electron chi connectivity index (χ0n) is 14.0. The predicted molar refractivity (Wildman–Crippen MR) is 97.3 cm³/mol. The van der Waals surface area contributed by atoms with Crippen molar-refractivity contribution < 1.29 is 5.11 Å². The summed E-state index contributed by atoms with van der Waals surface area (Å²) in [6.45, 7) is 3.95. The van der Waals surface area contributed by atoms with Crippen molar-refractivity contribution in [2.24, 2.45) is 17.8 Å². The molecule has 5 N–H and O–H groups in total. The maximum Gasteiger partial charge on any atom is 0.140 e. The average Bonchev–Trinajstić information content (AvgIpc) is 2.60. The molecule has 2 aliphatic rings. The van der Waals surface area contributed by atoms with Gasteiger partial charge in [-0.05, 0) is 86.7 Å². The van der Waals surface area contributed by atoms with E-state index in [1.807, 2.05) is 6.07 Å². The minimum atomic E-state index is 0.0962. The molecular weight excluding hydrogens is 284 g/mol. The van der Waals surface area contributed by atoms with Gasteiger partial charge in [0.1, 0.15) is 5.75 Å². The van der Waals surface area contributed by atoms with Crippen LogP contribution in [0.25, 0.3) is 0 Å². The maximum absolute atomic E-state index is 9.66. The summed E-state index contributed by atoms with van der Waals surface area (Å²) in [5, 5.41) is 9.66. The highest BCUT2D eigenvalue weighted by molar-refractivity contribution is 5.74. The van der Waals surface area contributed by atoms with Crippen LogP contribution in [0, 0.1) is 17.8 Å². The highest BCUT2D eigenvalue weighted by Gasteiger charge is 2.31. The van der Waals surface area contributed by atoms with Crippen molar-refractivity contribution in [3.05, 3.63) is 30.4 Å². The van der Waals surface area contributed by atoms with Gasteiger partial charge in [-0.25, -0.2) is 0 Å². The van der Waals surface area contributed by atoms with Crippen molar-refractivity contribution in [2.75, 3.05) is 11.5 Å². The third-order valence-corrected chi connectivity index (χ3v) is 6.33. The molecule has 2 saturated carbocycles. The molecule has 1 aromatic carbocycles. The number of nitrogens with two attached hydrogens (primary N) is 2. The molecule has 3 nitrogen and oxygen atoms in total.